The van der Waals surface area contributed by atoms with E-state index in [9.17, 15) is 9.59 Å². The van der Waals surface area contributed by atoms with Crippen molar-refractivity contribution in [3.63, 3.8) is 0 Å². The van der Waals surface area contributed by atoms with Crippen LogP contribution < -0.4 is 16.0 Å². The largest absolute Gasteiger partial charge is 0.360 e. The number of nitrogens with zero attached hydrogens (tertiary/aromatic N) is 1. The van der Waals surface area contributed by atoms with Gasteiger partial charge in [-0.15, -0.1) is 0 Å². The molecule has 1 heterocycles. The minimum atomic E-state index is -0.638. The Hall–Kier alpha value is -2.05. The van der Waals surface area contributed by atoms with Gasteiger partial charge in [0.05, 0.1) is 0 Å². The van der Waals surface area contributed by atoms with Gasteiger partial charge in [-0.2, -0.15) is 0 Å². The molecule has 2 rings (SSSR count). The monoisotopic (exact) mass is 252 g/mol. The number of hydrogen-bond acceptors (Lipinski definition) is 4. The lowest BCUT2D eigenvalue weighted by atomic mass is 10.3. The fourth-order valence-electron chi connectivity index (χ4n) is 1.38. The van der Waals surface area contributed by atoms with Crippen LogP contribution in [-0.4, -0.2) is 29.2 Å². The smallest absolute Gasteiger partial charge is 0.315 e. The fourth-order valence-corrected chi connectivity index (χ4v) is 1.38. The average molecular weight is 252 g/mol. The van der Waals surface area contributed by atoms with E-state index in [4.69, 9.17) is 4.52 Å². The van der Waals surface area contributed by atoms with E-state index in [1.807, 2.05) is 0 Å². The van der Waals surface area contributed by atoms with Crippen LogP contribution in [0.5, 0.6) is 0 Å². The normalized spacial score (nSPS) is 15.9. The Bertz CT molecular complexity index is 453. The first-order valence-electron chi connectivity index (χ1n) is 5.86. The van der Waals surface area contributed by atoms with E-state index in [2.05, 4.69) is 21.1 Å². The molecule has 98 valence electrons. The van der Waals surface area contributed by atoms with Crippen LogP contribution in [0.15, 0.2) is 10.6 Å². The summed E-state index contributed by atoms with van der Waals surface area (Å²) in [6.45, 7) is 3.34. The van der Waals surface area contributed by atoms with Crippen molar-refractivity contribution in [2.24, 2.45) is 0 Å². The lowest BCUT2D eigenvalue weighted by Crippen LogP contribution is -2.46. The maximum Gasteiger partial charge on any atom is 0.315 e. The molecule has 18 heavy (non-hydrogen) atoms. The lowest BCUT2D eigenvalue weighted by molar-refractivity contribution is -0.117. The molecule has 1 aromatic heterocycles. The van der Waals surface area contributed by atoms with E-state index in [-0.39, 0.29) is 18.0 Å². The number of aromatic nitrogens is 1. The van der Waals surface area contributed by atoms with Crippen LogP contribution in [0.4, 0.5) is 10.6 Å². The van der Waals surface area contributed by atoms with Gasteiger partial charge in [-0.1, -0.05) is 5.16 Å². The van der Waals surface area contributed by atoms with Crippen LogP contribution in [0.2, 0.25) is 0 Å². The van der Waals surface area contributed by atoms with E-state index in [1.165, 1.54) is 0 Å². The van der Waals surface area contributed by atoms with E-state index in [1.54, 1.807) is 19.9 Å². The molecule has 0 unspecified atom stereocenters. The molecule has 3 N–H and O–H groups in total. The Kier molecular flexibility index (Phi) is 3.50. The van der Waals surface area contributed by atoms with Crippen molar-refractivity contribution in [1.82, 2.24) is 15.8 Å². The molecule has 1 saturated carbocycles. The molecular weight excluding hydrogens is 236 g/mol. The van der Waals surface area contributed by atoms with Crippen LogP contribution in [0.3, 0.4) is 0 Å². The van der Waals surface area contributed by atoms with Gasteiger partial charge in [0.25, 0.3) is 0 Å². The summed E-state index contributed by atoms with van der Waals surface area (Å²) >= 11 is 0. The number of urea groups is 1. The third-order valence-corrected chi connectivity index (χ3v) is 2.53. The van der Waals surface area contributed by atoms with Crippen molar-refractivity contribution in [2.45, 2.75) is 38.8 Å². The lowest BCUT2D eigenvalue weighted by Gasteiger charge is -2.13. The molecule has 3 amide bonds. The fraction of sp³-hybridized carbons (Fsp3) is 0.545. The maximum atomic E-state index is 11.7. The SMILES string of the molecule is Cc1cc(NC(=O)[C@@H](C)NC(=O)NC2CC2)no1. The van der Waals surface area contributed by atoms with E-state index in [0.29, 0.717) is 11.6 Å². The Morgan fingerprint density at radius 1 is 1.50 bits per heavy atom. The van der Waals surface area contributed by atoms with Gasteiger partial charge in [0.15, 0.2) is 5.82 Å². The average Bonchev–Trinajstić information content (AvgIpc) is 3.00. The van der Waals surface area contributed by atoms with E-state index < -0.39 is 6.04 Å². The van der Waals surface area contributed by atoms with Gasteiger partial charge in [0.2, 0.25) is 5.91 Å². The van der Waals surface area contributed by atoms with Crippen molar-refractivity contribution < 1.29 is 14.1 Å². The molecule has 0 aromatic carbocycles. The van der Waals surface area contributed by atoms with Gasteiger partial charge < -0.3 is 20.5 Å². The second-order valence-corrected chi connectivity index (χ2v) is 4.43. The molecule has 0 radical (unpaired) electrons. The number of rotatable bonds is 4. The molecule has 1 fully saturated rings. The van der Waals surface area contributed by atoms with Crippen LogP contribution in [0.1, 0.15) is 25.5 Å². The van der Waals surface area contributed by atoms with Gasteiger partial charge in [-0.3, -0.25) is 4.79 Å². The van der Waals surface area contributed by atoms with Crippen LogP contribution >= 0.6 is 0 Å². The topological polar surface area (TPSA) is 96.3 Å². The third kappa shape index (κ3) is 3.47. The molecule has 1 aromatic rings. The number of carbonyl (C=O) groups is 2. The summed E-state index contributed by atoms with van der Waals surface area (Å²) in [7, 11) is 0. The van der Waals surface area contributed by atoms with Gasteiger partial charge in [-0.05, 0) is 26.7 Å². The van der Waals surface area contributed by atoms with Crippen LogP contribution in [0.25, 0.3) is 0 Å². The van der Waals surface area contributed by atoms with Crippen molar-refractivity contribution in [2.75, 3.05) is 5.32 Å². The second kappa shape index (κ2) is 5.07. The Labute approximate surface area is 104 Å². The summed E-state index contributed by atoms with van der Waals surface area (Å²) < 4.78 is 4.82. The number of hydrogen-bond donors (Lipinski definition) is 3. The first-order valence-corrected chi connectivity index (χ1v) is 5.86. The highest BCUT2D eigenvalue weighted by atomic mass is 16.5. The number of amides is 3. The Morgan fingerprint density at radius 2 is 2.22 bits per heavy atom. The number of anilines is 1. The summed E-state index contributed by atoms with van der Waals surface area (Å²) in [6.07, 6.45) is 2.01. The number of carbonyl (C=O) groups excluding carboxylic acids is 2. The molecule has 0 saturated heterocycles. The molecule has 1 aliphatic carbocycles. The maximum absolute atomic E-state index is 11.7. The minimum absolute atomic E-state index is 0.262. The van der Waals surface area contributed by atoms with Gasteiger partial charge in [0.1, 0.15) is 11.8 Å². The molecular formula is C11H16N4O3. The summed E-state index contributed by atoms with van der Waals surface area (Å²) in [5.41, 5.74) is 0. The Morgan fingerprint density at radius 3 is 2.78 bits per heavy atom. The zero-order valence-corrected chi connectivity index (χ0v) is 10.3. The molecule has 7 heteroatoms. The zero-order valence-electron chi connectivity index (χ0n) is 10.3. The van der Waals surface area contributed by atoms with Crippen molar-refractivity contribution in [1.29, 1.82) is 0 Å². The molecule has 0 spiro atoms. The van der Waals surface area contributed by atoms with E-state index >= 15 is 0 Å². The molecule has 0 bridgehead atoms. The quantitative estimate of drug-likeness (QED) is 0.737. The first-order chi connectivity index (χ1) is 8.54. The highest BCUT2D eigenvalue weighted by Gasteiger charge is 2.25. The van der Waals surface area contributed by atoms with Crippen molar-refractivity contribution >= 4 is 17.8 Å². The van der Waals surface area contributed by atoms with Crippen LogP contribution in [0, 0.1) is 6.92 Å². The van der Waals surface area contributed by atoms with Gasteiger partial charge >= 0.3 is 6.03 Å². The molecule has 1 atom stereocenters. The Balaban J connectivity index is 1.78. The predicted molar refractivity (Wildman–Crippen MR) is 64.0 cm³/mol. The zero-order chi connectivity index (χ0) is 13.1. The molecule has 1 aliphatic rings. The van der Waals surface area contributed by atoms with Crippen molar-refractivity contribution in [3.8, 4) is 0 Å². The first kappa shape index (κ1) is 12.4. The summed E-state index contributed by atoms with van der Waals surface area (Å²) in [4.78, 5) is 23.2. The van der Waals surface area contributed by atoms with E-state index in [0.717, 1.165) is 12.8 Å². The highest BCUT2D eigenvalue weighted by Crippen LogP contribution is 2.18. The van der Waals surface area contributed by atoms with Crippen molar-refractivity contribution in [3.05, 3.63) is 11.8 Å². The third-order valence-electron chi connectivity index (χ3n) is 2.53. The van der Waals surface area contributed by atoms with Gasteiger partial charge in [0, 0.05) is 12.1 Å². The highest BCUT2D eigenvalue weighted by molar-refractivity contribution is 5.96. The van der Waals surface area contributed by atoms with Crippen LogP contribution in [-0.2, 0) is 4.79 Å². The number of aryl methyl sites for hydroxylation is 1. The van der Waals surface area contributed by atoms with Gasteiger partial charge in [-0.25, -0.2) is 4.79 Å². The second-order valence-electron chi connectivity index (χ2n) is 4.43. The standard InChI is InChI=1S/C11H16N4O3/c1-6-5-9(15-18-6)14-10(16)7(2)12-11(17)13-8-3-4-8/h5,7-8H,3-4H2,1-2H3,(H2,12,13,17)(H,14,15,16)/t7-/m1/s1. The number of nitrogens with one attached hydrogen (secondary N) is 3. The summed E-state index contributed by atoms with van der Waals surface area (Å²) in [5.74, 6) is 0.611. The summed E-state index contributed by atoms with van der Waals surface area (Å²) in [5, 5.41) is 11.5. The minimum Gasteiger partial charge on any atom is -0.360 e. The molecule has 0 aliphatic heterocycles. The molecule has 7 nitrogen and oxygen atoms in total. The predicted octanol–water partition coefficient (Wildman–Crippen LogP) is 0.772. The summed E-state index contributed by atoms with van der Waals surface area (Å²) in [6, 6.07) is 0.908.